The Balaban J connectivity index is 2.07. The summed E-state index contributed by atoms with van der Waals surface area (Å²) in [6, 6.07) is 8.99. The van der Waals surface area contributed by atoms with E-state index in [2.05, 4.69) is 64.1 Å². The van der Waals surface area contributed by atoms with Crippen molar-refractivity contribution in [1.82, 2.24) is 25.9 Å². The molecular formula is C13H19N5. The summed E-state index contributed by atoms with van der Waals surface area (Å²) in [5.74, 6) is 0.695. The number of aromatic nitrogens is 4. The van der Waals surface area contributed by atoms with Gasteiger partial charge in [-0.15, -0.1) is 10.2 Å². The molecule has 0 amide bonds. The Morgan fingerprint density at radius 1 is 1.28 bits per heavy atom. The largest absolute Gasteiger partial charge is 0.300 e. The van der Waals surface area contributed by atoms with Gasteiger partial charge in [0.05, 0.1) is 6.04 Å². The molecule has 0 fully saturated rings. The van der Waals surface area contributed by atoms with Crippen LogP contribution in [0.1, 0.15) is 49.3 Å². The highest BCUT2D eigenvalue weighted by Crippen LogP contribution is 2.20. The molecule has 96 valence electrons. The van der Waals surface area contributed by atoms with Gasteiger partial charge in [0.25, 0.3) is 0 Å². The molecule has 5 heteroatoms. The molecule has 1 heterocycles. The van der Waals surface area contributed by atoms with Crippen molar-refractivity contribution in [3.63, 3.8) is 0 Å². The predicted molar refractivity (Wildman–Crippen MR) is 69.9 cm³/mol. The summed E-state index contributed by atoms with van der Waals surface area (Å²) in [6.45, 7) is 6.31. The van der Waals surface area contributed by atoms with Crippen molar-refractivity contribution in [2.75, 3.05) is 0 Å². The highest BCUT2D eigenvalue weighted by atomic mass is 15.5. The van der Waals surface area contributed by atoms with Crippen molar-refractivity contribution in [3.05, 3.63) is 41.2 Å². The molecule has 0 saturated carbocycles. The number of aromatic amines is 1. The number of rotatable bonds is 5. The normalized spacial score (nSPS) is 14.4. The molecule has 5 nitrogen and oxygen atoms in total. The fraction of sp³-hybridized carbons (Fsp3) is 0.462. The van der Waals surface area contributed by atoms with E-state index in [9.17, 15) is 0 Å². The maximum atomic E-state index is 4.00. The molecule has 1 aromatic carbocycles. The van der Waals surface area contributed by atoms with Crippen LogP contribution in [-0.4, -0.2) is 20.6 Å². The summed E-state index contributed by atoms with van der Waals surface area (Å²) in [4.78, 5) is 0. The molecule has 0 radical (unpaired) electrons. The molecule has 18 heavy (non-hydrogen) atoms. The first-order chi connectivity index (χ1) is 8.70. The lowest BCUT2D eigenvalue weighted by Gasteiger charge is -2.21. The highest BCUT2D eigenvalue weighted by molar-refractivity contribution is 5.24. The summed E-state index contributed by atoms with van der Waals surface area (Å²) < 4.78 is 0. The second-order valence-electron chi connectivity index (χ2n) is 4.53. The van der Waals surface area contributed by atoms with Gasteiger partial charge in [0, 0.05) is 6.04 Å². The van der Waals surface area contributed by atoms with Gasteiger partial charge >= 0.3 is 0 Å². The lowest BCUT2D eigenvalue weighted by Crippen LogP contribution is -2.25. The van der Waals surface area contributed by atoms with Gasteiger partial charge in [-0.25, -0.2) is 0 Å². The average Bonchev–Trinajstić information content (AvgIpc) is 2.91. The Bertz CT molecular complexity index is 463. The van der Waals surface area contributed by atoms with Crippen LogP contribution >= 0.6 is 0 Å². The quantitative estimate of drug-likeness (QED) is 0.848. The first-order valence-electron chi connectivity index (χ1n) is 6.26. The number of H-pyrrole nitrogens is 1. The van der Waals surface area contributed by atoms with Crippen molar-refractivity contribution in [3.8, 4) is 0 Å². The Morgan fingerprint density at radius 3 is 2.56 bits per heavy atom. The minimum Gasteiger partial charge on any atom is -0.300 e. The summed E-state index contributed by atoms with van der Waals surface area (Å²) in [5.41, 5.74) is 2.57. The molecule has 2 unspecified atom stereocenters. The summed E-state index contributed by atoms with van der Waals surface area (Å²) in [5, 5.41) is 17.6. The van der Waals surface area contributed by atoms with Crippen molar-refractivity contribution in [2.24, 2.45) is 0 Å². The zero-order valence-electron chi connectivity index (χ0n) is 11.0. The third kappa shape index (κ3) is 2.92. The monoisotopic (exact) mass is 245 g/mol. The van der Waals surface area contributed by atoms with Crippen LogP contribution < -0.4 is 5.32 Å². The Labute approximate surface area is 107 Å². The second-order valence-corrected chi connectivity index (χ2v) is 4.53. The van der Waals surface area contributed by atoms with Gasteiger partial charge in [-0.3, -0.25) is 0 Å². The first-order valence-corrected chi connectivity index (χ1v) is 6.26. The zero-order chi connectivity index (χ0) is 13.0. The Hall–Kier alpha value is -1.75. The van der Waals surface area contributed by atoms with Crippen molar-refractivity contribution < 1.29 is 0 Å². The standard InChI is InChI=1S/C13H19N5/c1-4-12(11-7-5-9(2)6-8-11)14-10(3)13-15-17-18-16-13/h5-8,10,12,14H,4H2,1-3H3,(H,15,16,17,18). The number of benzene rings is 1. The topological polar surface area (TPSA) is 66.5 Å². The molecule has 0 saturated heterocycles. The third-order valence-corrected chi connectivity index (χ3v) is 3.09. The van der Waals surface area contributed by atoms with Gasteiger partial charge < -0.3 is 5.32 Å². The van der Waals surface area contributed by atoms with Crippen LogP contribution in [0.2, 0.25) is 0 Å². The van der Waals surface area contributed by atoms with Crippen LogP contribution in [0.25, 0.3) is 0 Å². The number of nitrogens with zero attached hydrogens (tertiary/aromatic N) is 3. The Kier molecular flexibility index (Phi) is 4.04. The molecule has 0 bridgehead atoms. The average molecular weight is 245 g/mol. The van der Waals surface area contributed by atoms with E-state index < -0.39 is 0 Å². The van der Waals surface area contributed by atoms with E-state index in [1.807, 2.05) is 6.92 Å². The van der Waals surface area contributed by atoms with Gasteiger partial charge in [0.1, 0.15) is 0 Å². The summed E-state index contributed by atoms with van der Waals surface area (Å²) >= 11 is 0. The number of hydrogen-bond acceptors (Lipinski definition) is 4. The van der Waals surface area contributed by atoms with E-state index >= 15 is 0 Å². The molecule has 0 aliphatic carbocycles. The molecule has 0 aliphatic heterocycles. The predicted octanol–water partition coefficient (Wildman–Crippen LogP) is 2.31. The maximum Gasteiger partial charge on any atom is 0.191 e. The van der Waals surface area contributed by atoms with Gasteiger partial charge in [0.2, 0.25) is 0 Å². The fourth-order valence-electron chi connectivity index (χ4n) is 1.98. The highest BCUT2D eigenvalue weighted by Gasteiger charge is 2.16. The molecule has 0 aliphatic rings. The second kappa shape index (κ2) is 5.73. The SMILES string of the molecule is CCC(NC(C)c1nn[nH]n1)c1ccc(C)cc1. The van der Waals surface area contributed by atoms with Gasteiger partial charge in [-0.05, 0) is 25.8 Å². The number of hydrogen-bond donors (Lipinski definition) is 2. The zero-order valence-corrected chi connectivity index (χ0v) is 11.0. The van der Waals surface area contributed by atoms with Gasteiger partial charge in [0.15, 0.2) is 5.82 Å². The summed E-state index contributed by atoms with van der Waals surface area (Å²) in [6.07, 6.45) is 1.02. The molecule has 2 atom stereocenters. The fourth-order valence-corrected chi connectivity index (χ4v) is 1.98. The smallest absolute Gasteiger partial charge is 0.191 e. The first kappa shape index (κ1) is 12.7. The Morgan fingerprint density at radius 2 is 2.00 bits per heavy atom. The summed E-state index contributed by atoms with van der Waals surface area (Å²) in [7, 11) is 0. The van der Waals surface area contributed by atoms with E-state index in [-0.39, 0.29) is 6.04 Å². The van der Waals surface area contributed by atoms with Gasteiger partial charge in [-0.2, -0.15) is 5.21 Å². The van der Waals surface area contributed by atoms with E-state index in [1.165, 1.54) is 11.1 Å². The van der Waals surface area contributed by atoms with E-state index in [4.69, 9.17) is 0 Å². The van der Waals surface area contributed by atoms with Crippen LogP contribution in [0.15, 0.2) is 24.3 Å². The molecule has 2 rings (SSSR count). The van der Waals surface area contributed by atoms with Crippen LogP contribution in [0.3, 0.4) is 0 Å². The minimum absolute atomic E-state index is 0.0787. The van der Waals surface area contributed by atoms with Crippen LogP contribution in [-0.2, 0) is 0 Å². The number of aryl methyl sites for hydroxylation is 1. The van der Waals surface area contributed by atoms with Gasteiger partial charge in [-0.1, -0.05) is 42.0 Å². The van der Waals surface area contributed by atoms with Crippen LogP contribution in [0, 0.1) is 6.92 Å². The number of tetrazole rings is 1. The molecule has 2 aromatic rings. The van der Waals surface area contributed by atoms with Crippen LogP contribution in [0.5, 0.6) is 0 Å². The van der Waals surface area contributed by atoms with E-state index in [0.29, 0.717) is 11.9 Å². The maximum absolute atomic E-state index is 4.00. The lowest BCUT2D eigenvalue weighted by atomic mass is 10.0. The van der Waals surface area contributed by atoms with Crippen LogP contribution in [0.4, 0.5) is 0 Å². The van der Waals surface area contributed by atoms with E-state index in [1.54, 1.807) is 0 Å². The minimum atomic E-state index is 0.0787. The molecule has 1 aromatic heterocycles. The van der Waals surface area contributed by atoms with Crippen molar-refractivity contribution in [1.29, 1.82) is 0 Å². The van der Waals surface area contributed by atoms with E-state index in [0.717, 1.165) is 6.42 Å². The molecule has 2 N–H and O–H groups in total. The molecular weight excluding hydrogens is 226 g/mol. The number of nitrogens with one attached hydrogen (secondary N) is 2. The van der Waals surface area contributed by atoms with Crippen molar-refractivity contribution >= 4 is 0 Å². The molecule has 0 spiro atoms. The van der Waals surface area contributed by atoms with Crippen molar-refractivity contribution in [2.45, 2.75) is 39.3 Å². The third-order valence-electron chi connectivity index (χ3n) is 3.09. The lowest BCUT2D eigenvalue weighted by molar-refractivity contribution is 0.442.